The van der Waals surface area contributed by atoms with Gasteiger partial charge in [-0.25, -0.2) is 0 Å². The Bertz CT molecular complexity index is 252. The van der Waals surface area contributed by atoms with Gasteiger partial charge in [0, 0.05) is 12.6 Å². The summed E-state index contributed by atoms with van der Waals surface area (Å²) in [5, 5.41) is 0. The Balaban J connectivity index is 1.84. The van der Waals surface area contributed by atoms with Gasteiger partial charge in [0.05, 0.1) is 0 Å². The first-order valence-corrected chi connectivity index (χ1v) is 9.13. The van der Waals surface area contributed by atoms with Gasteiger partial charge in [0.1, 0.15) is 0 Å². The number of hydrogen-bond acceptors (Lipinski definition) is 2. The molecule has 0 heterocycles. The molecule has 0 atom stereocenters. The van der Waals surface area contributed by atoms with Crippen LogP contribution >= 0.6 is 12.6 Å². The Morgan fingerprint density at radius 2 is 1.68 bits per heavy atom. The fraction of sp³-hybridized carbons (Fsp3) is 1.00. The molecule has 0 unspecified atom stereocenters. The largest absolute Gasteiger partial charge is 0.303 e. The molecule has 0 aromatic heterocycles. The highest BCUT2D eigenvalue weighted by Gasteiger charge is 2.34. The number of rotatable bonds is 5. The molecular weight excluding hydrogens is 250 g/mol. The molecule has 19 heavy (non-hydrogen) atoms. The molecule has 0 aliphatic heterocycles. The van der Waals surface area contributed by atoms with E-state index in [-0.39, 0.29) is 0 Å². The van der Waals surface area contributed by atoms with Crippen molar-refractivity contribution in [1.29, 1.82) is 0 Å². The third-order valence-corrected chi connectivity index (χ3v) is 6.52. The van der Waals surface area contributed by atoms with E-state index >= 15 is 0 Å². The highest BCUT2D eigenvalue weighted by atomic mass is 32.1. The van der Waals surface area contributed by atoms with Gasteiger partial charge < -0.3 is 4.90 Å². The van der Waals surface area contributed by atoms with Crippen molar-refractivity contribution in [2.24, 2.45) is 11.3 Å². The van der Waals surface area contributed by atoms with Crippen LogP contribution in [0.1, 0.15) is 71.1 Å². The van der Waals surface area contributed by atoms with Crippen LogP contribution in [0.3, 0.4) is 0 Å². The maximum absolute atomic E-state index is 4.69. The van der Waals surface area contributed by atoms with Gasteiger partial charge in [-0.05, 0) is 62.7 Å². The summed E-state index contributed by atoms with van der Waals surface area (Å²) in [6, 6.07) is 0.849. The molecule has 0 N–H and O–H groups in total. The zero-order valence-electron chi connectivity index (χ0n) is 13.0. The molecule has 0 aromatic carbocycles. The Labute approximate surface area is 125 Å². The molecule has 0 saturated heterocycles. The normalized spacial score (nSPS) is 31.6. The smallest absolute Gasteiger partial charge is 0.00926 e. The van der Waals surface area contributed by atoms with Crippen LogP contribution in [-0.2, 0) is 0 Å². The first-order chi connectivity index (χ1) is 9.19. The topological polar surface area (TPSA) is 3.24 Å². The van der Waals surface area contributed by atoms with Crippen LogP contribution in [0.4, 0.5) is 0 Å². The second-order valence-electron chi connectivity index (χ2n) is 7.22. The molecular formula is C17H33NS. The summed E-state index contributed by atoms with van der Waals surface area (Å²) in [5.74, 6) is 2.10. The van der Waals surface area contributed by atoms with Gasteiger partial charge in [-0.3, -0.25) is 0 Å². The van der Waals surface area contributed by atoms with Crippen LogP contribution in [0.25, 0.3) is 0 Å². The predicted octanol–water partition coefficient (Wildman–Crippen LogP) is 4.77. The maximum atomic E-state index is 4.69. The molecule has 2 fully saturated rings. The molecule has 2 aliphatic rings. The van der Waals surface area contributed by atoms with Gasteiger partial charge in [0.25, 0.3) is 0 Å². The summed E-state index contributed by atoms with van der Waals surface area (Å²) in [7, 11) is 2.37. The summed E-state index contributed by atoms with van der Waals surface area (Å²) in [4.78, 5) is 2.69. The van der Waals surface area contributed by atoms with E-state index in [9.17, 15) is 0 Å². The molecule has 0 spiro atoms. The quantitative estimate of drug-likeness (QED) is 0.712. The van der Waals surface area contributed by atoms with E-state index in [2.05, 4.69) is 18.9 Å². The summed E-state index contributed by atoms with van der Waals surface area (Å²) >= 11 is 4.69. The third-order valence-electron chi connectivity index (χ3n) is 5.85. The number of hydrogen-bond donors (Lipinski definition) is 1. The molecule has 0 amide bonds. The third kappa shape index (κ3) is 4.14. The minimum absolute atomic E-state index is 0.526. The SMILES string of the molecule is CCC1CCC(N(C)CC2(CS)CCCCC2)CC1. The minimum Gasteiger partial charge on any atom is -0.303 e. The molecule has 2 heteroatoms. The van der Waals surface area contributed by atoms with Crippen LogP contribution in [0.5, 0.6) is 0 Å². The van der Waals surface area contributed by atoms with Gasteiger partial charge in [0.2, 0.25) is 0 Å². The first kappa shape index (κ1) is 15.7. The van der Waals surface area contributed by atoms with E-state index < -0.39 is 0 Å². The average molecular weight is 284 g/mol. The Hall–Kier alpha value is 0.310. The molecule has 0 radical (unpaired) electrons. The monoisotopic (exact) mass is 283 g/mol. The van der Waals surface area contributed by atoms with Gasteiger partial charge in [-0.1, -0.05) is 32.6 Å². The summed E-state index contributed by atoms with van der Waals surface area (Å²) in [6.07, 6.45) is 14.3. The van der Waals surface area contributed by atoms with Crippen LogP contribution in [0.15, 0.2) is 0 Å². The van der Waals surface area contributed by atoms with E-state index in [0.29, 0.717) is 5.41 Å². The van der Waals surface area contributed by atoms with Gasteiger partial charge in [-0.15, -0.1) is 0 Å². The summed E-state index contributed by atoms with van der Waals surface area (Å²) < 4.78 is 0. The predicted molar refractivity (Wildman–Crippen MR) is 88.0 cm³/mol. The fourth-order valence-corrected chi connectivity index (χ4v) is 4.74. The van der Waals surface area contributed by atoms with E-state index in [0.717, 1.165) is 17.7 Å². The lowest BCUT2D eigenvalue weighted by atomic mass is 9.74. The van der Waals surface area contributed by atoms with Gasteiger partial charge >= 0.3 is 0 Å². The Kier molecular flexibility index (Phi) is 6.08. The Morgan fingerprint density at radius 3 is 2.21 bits per heavy atom. The van der Waals surface area contributed by atoms with Crippen molar-refractivity contribution in [3.63, 3.8) is 0 Å². The molecule has 112 valence electrons. The second-order valence-corrected chi connectivity index (χ2v) is 7.53. The average Bonchev–Trinajstić information content (AvgIpc) is 2.48. The van der Waals surface area contributed by atoms with Crippen molar-refractivity contribution in [2.45, 2.75) is 77.2 Å². The summed E-state index contributed by atoms with van der Waals surface area (Å²) in [5.41, 5.74) is 0.526. The van der Waals surface area contributed by atoms with Crippen molar-refractivity contribution < 1.29 is 0 Å². The molecule has 2 aliphatic carbocycles. The van der Waals surface area contributed by atoms with E-state index in [1.807, 2.05) is 0 Å². The van der Waals surface area contributed by atoms with Crippen LogP contribution in [0, 0.1) is 11.3 Å². The highest BCUT2D eigenvalue weighted by molar-refractivity contribution is 7.80. The Morgan fingerprint density at radius 1 is 1.05 bits per heavy atom. The second kappa shape index (κ2) is 7.36. The van der Waals surface area contributed by atoms with Crippen molar-refractivity contribution >= 4 is 12.6 Å². The lowest BCUT2D eigenvalue weighted by Gasteiger charge is -2.43. The molecule has 0 aromatic rings. The van der Waals surface area contributed by atoms with Gasteiger partial charge in [0.15, 0.2) is 0 Å². The molecule has 0 bridgehead atoms. The van der Waals surface area contributed by atoms with Crippen molar-refractivity contribution in [1.82, 2.24) is 4.90 Å². The molecule has 2 rings (SSSR count). The van der Waals surface area contributed by atoms with Crippen molar-refractivity contribution in [2.75, 3.05) is 19.3 Å². The van der Waals surface area contributed by atoms with Crippen molar-refractivity contribution in [3.8, 4) is 0 Å². The van der Waals surface area contributed by atoms with Crippen LogP contribution in [-0.4, -0.2) is 30.3 Å². The first-order valence-electron chi connectivity index (χ1n) is 8.50. The molecule has 2 saturated carbocycles. The van der Waals surface area contributed by atoms with Crippen molar-refractivity contribution in [3.05, 3.63) is 0 Å². The maximum Gasteiger partial charge on any atom is 0.00926 e. The van der Waals surface area contributed by atoms with E-state index in [1.54, 1.807) is 0 Å². The standard InChI is InChI=1S/C17H33NS/c1-3-15-7-9-16(10-8-15)18(2)13-17(14-19)11-5-4-6-12-17/h15-16,19H,3-14H2,1-2H3. The van der Waals surface area contributed by atoms with Gasteiger partial charge in [-0.2, -0.15) is 12.6 Å². The van der Waals surface area contributed by atoms with E-state index in [4.69, 9.17) is 12.6 Å². The number of nitrogens with zero attached hydrogens (tertiary/aromatic N) is 1. The lowest BCUT2D eigenvalue weighted by Crippen LogP contribution is -2.44. The lowest BCUT2D eigenvalue weighted by molar-refractivity contribution is 0.0885. The number of thiol groups is 1. The van der Waals surface area contributed by atoms with E-state index in [1.165, 1.54) is 70.8 Å². The minimum atomic E-state index is 0.526. The highest BCUT2D eigenvalue weighted by Crippen LogP contribution is 2.39. The van der Waals surface area contributed by atoms with Crippen LogP contribution in [0.2, 0.25) is 0 Å². The fourth-order valence-electron chi connectivity index (χ4n) is 4.32. The zero-order valence-corrected chi connectivity index (χ0v) is 13.9. The van der Waals surface area contributed by atoms with Crippen LogP contribution < -0.4 is 0 Å². The molecule has 1 nitrogen and oxygen atoms in total. The summed E-state index contributed by atoms with van der Waals surface area (Å²) in [6.45, 7) is 3.64. The zero-order chi connectivity index (χ0) is 13.7.